The molecule has 0 aromatic heterocycles. The second-order valence-electron chi connectivity index (χ2n) is 1.50. The summed E-state index contributed by atoms with van der Waals surface area (Å²) in [6, 6.07) is 0. The second-order valence-corrected chi connectivity index (χ2v) is 1.50. The van der Waals surface area contributed by atoms with Crippen LogP contribution in [0.25, 0.3) is 0 Å². The molecule has 0 amide bonds. The van der Waals surface area contributed by atoms with Crippen molar-refractivity contribution in [3.8, 4) is 0 Å². The molecular weight excluding hydrogens is 188 g/mol. The zero-order valence-corrected chi connectivity index (χ0v) is 9.60. The Hall–Kier alpha value is 1.73. The molecule has 0 spiro atoms. The zero-order valence-electron chi connectivity index (χ0n) is 5.26. The third-order valence-electron chi connectivity index (χ3n) is 0. The van der Waals surface area contributed by atoms with E-state index in [0.29, 0.717) is 0 Å². The van der Waals surface area contributed by atoms with Crippen molar-refractivity contribution in [1.29, 1.82) is 0 Å². The number of quaternary nitrogens is 1. The van der Waals surface area contributed by atoms with Gasteiger partial charge in [0, 0.05) is 0 Å². The minimum absolute atomic E-state index is 0. The molecule has 0 aromatic carbocycles. The van der Waals surface area contributed by atoms with E-state index < -0.39 is 0 Å². The Kier molecular flexibility index (Phi) is 52.1. The minimum Gasteiger partial charge on any atom is -1.00 e. The van der Waals surface area contributed by atoms with Crippen molar-refractivity contribution >= 4 is 0 Å². The molecule has 42 valence electrons. The topological polar surface area (TPSA) is 4.44 Å². The Morgan fingerprint density at radius 1 is 1.00 bits per heavy atom. The van der Waals surface area contributed by atoms with Crippen molar-refractivity contribution in [2.45, 2.75) is 0 Å². The third kappa shape index (κ3) is 84.8. The van der Waals surface area contributed by atoms with E-state index in [2.05, 4.69) is 21.1 Å². The fourth-order valence-corrected chi connectivity index (χ4v) is 0. The SMILES string of the molecule is C[NH+](C)C.[Br-].[Cl-].[Na+]. The van der Waals surface area contributed by atoms with Crippen LogP contribution < -0.4 is 63.8 Å². The van der Waals surface area contributed by atoms with Crippen LogP contribution in [0.5, 0.6) is 0 Å². The first-order valence-electron chi connectivity index (χ1n) is 1.50. The predicted molar refractivity (Wildman–Crippen MR) is 18.7 cm³/mol. The van der Waals surface area contributed by atoms with Crippen molar-refractivity contribution in [3.63, 3.8) is 0 Å². The van der Waals surface area contributed by atoms with Gasteiger partial charge < -0.3 is 34.3 Å². The Morgan fingerprint density at radius 3 is 1.00 bits per heavy atom. The monoisotopic (exact) mass is 197 g/mol. The van der Waals surface area contributed by atoms with Crippen LogP contribution >= 0.6 is 0 Å². The first kappa shape index (κ1) is 23.3. The summed E-state index contributed by atoms with van der Waals surface area (Å²) < 4.78 is 0. The molecule has 0 bridgehead atoms. The molecule has 0 rings (SSSR count). The zero-order chi connectivity index (χ0) is 3.58. The normalized spacial score (nSPS) is 5.14. The molecule has 0 aromatic rings. The van der Waals surface area contributed by atoms with Gasteiger partial charge >= 0.3 is 29.6 Å². The van der Waals surface area contributed by atoms with Crippen LogP contribution in [0.15, 0.2) is 0 Å². The molecule has 0 atom stereocenters. The maximum absolute atomic E-state index is 2.08. The summed E-state index contributed by atoms with van der Waals surface area (Å²) >= 11 is 0. The average molecular weight is 198 g/mol. The minimum atomic E-state index is 0. The Labute approximate surface area is 84.3 Å². The number of nitrogens with one attached hydrogen (secondary N) is 1. The van der Waals surface area contributed by atoms with Crippen LogP contribution in [0.2, 0.25) is 0 Å². The summed E-state index contributed by atoms with van der Waals surface area (Å²) in [7, 11) is 6.25. The maximum atomic E-state index is 2.08. The molecule has 0 aliphatic heterocycles. The number of hydrogen-bond donors (Lipinski definition) is 1. The van der Waals surface area contributed by atoms with Crippen LogP contribution in [0.4, 0.5) is 0 Å². The van der Waals surface area contributed by atoms with E-state index in [1.165, 1.54) is 4.90 Å². The molecule has 0 radical (unpaired) electrons. The summed E-state index contributed by atoms with van der Waals surface area (Å²) in [6.45, 7) is 0. The van der Waals surface area contributed by atoms with Crippen LogP contribution in [-0.4, -0.2) is 21.1 Å². The van der Waals surface area contributed by atoms with Gasteiger partial charge in [0.2, 0.25) is 0 Å². The van der Waals surface area contributed by atoms with Crippen molar-refractivity contribution in [1.82, 2.24) is 0 Å². The van der Waals surface area contributed by atoms with Gasteiger partial charge in [0.25, 0.3) is 0 Å². The smallest absolute Gasteiger partial charge is 1.00 e. The van der Waals surface area contributed by atoms with E-state index in [1.807, 2.05) is 0 Å². The first-order valence-corrected chi connectivity index (χ1v) is 1.50. The van der Waals surface area contributed by atoms with E-state index in [4.69, 9.17) is 0 Å². The summed E-state index contributed by atoms with van der Waals surface area (Å²) in [5, 5.41) is 0. The van der Waals surface area contributed by atoms with Gasteiger partial charge in [0.15, 0.2) is 0 Å². The molecular formula is C3H10BrClNNa. The molecule has 0 aliphatic rings. The summed E-state index contributed by atoms with van der Waals surface area (Å²) in [6.07, 6.45) is 0. The van der Waals surface area contributed by atoms with Crippen molar-refractivity contribution in [3.05, 3.63) is 0 Å². The van der Waals surface area contributed by atoms with E-state index in [1.54, 1.807) is 0 Å². The second kappa shape index (κ2) is 15.6. The van der Waals surface area contributed by atoms with Gasteiger partial charge in [-0.15, -0.1) is 0 Å². The Balaban J connectivity index is -0.0000000150. The Morgan fingerprint density at radius 2 is 1.00 bits per heavy atom. The van der Waals surface area contributed by atoms with Gasteiger partial charge in [-0.3, -0.25) is 0 Å². The van der Waals surface area contributed by atoms with Gasteiger partial charge in [0.1, 0.15) is 0 Å². The van der Waals surface area contributed by atoms with Crippen LogP contribution in [0, 0.1) is 0 Å². The summed E-state index contributed by atoms with van der Waals surface area (Å²) in [5.74, 6) is 0. The van der Waals surface area contributed by atoms with Gasteiger partial charge in [-0.25, -0.2) is 0 Å². The molecule has 4 heteroatoms. The number of rotatable bonds is 0. The molecule has 0 saturated heterocycles. The van der Waals surface area contributed by atoms with Crippen LogP contribution in [0.3, 0.4) is 0 Å². The van der Waals surface area contributed by atoms with Gasteiger partial charge in [0.05, 0.1) is 21.1 Å². The Bertz CT molecular complexity index is 19.7. The van der Waals surface area contributed by atoms with Crippen LogP contribution in [0.1, 0.15) is 0 Å². The van der Waals surface area contributed by atoms with Gasteiger partial charge in [-0.2, -0.15) is 0 Å². The van der Waals surface area contributed by atoms with Crippen molar-refractivity contribution < 1.29 is 63.8 Å². The van der Waals surface area contributed by atoms with Crippen LogP contribution in [-0.2, 0) is 0 Å². The molecule has 0 saturated carbocycles. The largest absolute Gasteiger partial charge is 1.00 e. The van der Waals surface area contributed by atoms with Gasteiger partial charge in [-0.1, -0.05) is 0 Å². The van der Waals surface area contributed by atoms with E-state index in [9.17, 15) is 0 Å². The number of halogens is 2. The molecule has 1 N–H and O–H groups in total. The fraction of sp³-hybridized carbons (Fsp3) is 1.00. The molecule has 0 unspecified atom stereocenters. The van der Waals surface area contributed by atoms with Crippen molar-refractivity contribution in [2.24, 2.45) is 0 Å². The third-order valence-corrected chi connectivity index (χ3v) is 0. The standard InChI is InChI=1S/C3H9N.BrH.ClH.Na/c1-4(2)3;;;/h1-3H3;2*1H;/q;;;+1/p-1. The average Bonchev–Trinajstić information content (AvgIpc) is 0.811. The van der Waals surface area contributed by atoms with E-state index >= 15 is 0 Å². The molecule has 7 heavy (non-hydrogen) atoms. The molecule has 1 nitrogen and oxygen atoms in total. The number of hydrogen-bond acceptors (Lipinski definition) is 0. The van der Waals surface area contributed by atoms with Gasteiger partial charge in [-0.05, 0) is 0 Å². The summed E-state index contributed by atoms with van der Waals surface area (Å²) in [5.41, 5.74) is 0. The fourth-order valence-electron chi connectivity index (χ4n) is 0. The summed E-state index contributed by atoms with van der Waals surface area (Å²) in [4.78, 5) is 1.42. The van der Waals surface area contributed by atoms with Crippen molar-refractivity contribution in [2.75, 3.05) is 21.1 Å². The first-order chi connectivity index (χ1) is 1.73. The van der Waals surface area contributed by atoms with E-state index in [-0.39, 0.29) is 58.9 Å². The quantitative estimate of drug-likeness (QED) is 0.369. The predicted octanol–water partition coefficient (Wildman–Crippen LogP) is -10.2. The molecule has 0 fully saturated rings. The molecule has 0 heterocycles. The molecule has 0 aliphatic carbocycles. The van der Waals surface area contributed by atoms with E-state index in [0.717, 1.165) is 0 Å². The maximum Gasteiger partial charge on any atom is 1.00 e.